The molecule has 0 bridgehead atoms. The molecule has 6 nitrogen and oxygen atoms in total. The normalized spacial score (nSPS) is 15.0. The summed E-state index contributed by atoms with van der Waals surface area (Å²) >= 11 is 0. The summed E-state index contributed by atoms with van der Waals surface area (Å²) in [6.07, 6.45) is 1.18. The first kappa shape index (κ1) is 15.8. The molecule has 0 fully saturated rings. The van der Waals surface area contributed by atoms with Gasteiger partial charge < -0.3 is 14.3 Å². The van der Waals surface area contributed by atoms with Crippen LogP contribution in [0, 0.1) is 6.92 Å². The molecule has 0 amide bonds. The van der Waals surface area contributed by atoms with Crippen molar-refractivity contribution >= 4 is 17.8 Å². The molecule has 0 aliphatic carbocycles. The van der Waals surface area contributed by atoms with Crippen LogP contribution in [0.15, 0.2) is 58.5 Å². The Kier molecular flexibility index (Phi) is 3.65. The summed E-state index contributed by atoms with van der Waals surface area (Å²) in [6, 6.07) is 14.0. The molecular formula is C20H13NO5. The first-order valence-corrected chi connectivity index (χ1v) is 7.87. The van der Waals surface area contributed by atoms with Gasteiger partial charge in [0.05, 0.1) is 5.56 Å². The van der Waals surface area contributed by atoms with Crippen molar-refractivity contribution in [2.24, 2.45) is 0 Å². The number of aromatic nitrogens is 1. The van der Waals surface area contributed by atoms with E-state index >= 15 is 0 Å². The first-order valence-electron chi connectivity index (χ1n) is 7.87. The van der Waals surface area contributed by atoms with Crippen molar-refractivity contribution in [3.05, 3.63) is 70.9 Å². The van der Waals surface area contributed by atoms with Crippen LogP contribution < -0.4 is 4.74 Å². The number of aryl methyl sites for hydroxylation is 1. The van der Waals surface area contributed by atoms with Gasteiger partial charge >= 0.3 is 11.9 Å². The number of carbonyl (C=O) groups is 2. The fourth-order valence-corrected chi connectivity index (χ4v) is 2.69. The van der Waals surface area contributed by atoms with Crippen molar-refractivity contribution in [3.63, 3.8) is 0 Å². The smallest absolute Gasteiger partial charge is 0.347 e. The second kappa shape index (κ2) is 6.00. The Morgan fingerprint density at radius 1 is 1.08 bits per heavy atom. The Bertz CT molecular complexity index is 1060. The third kappa shape index (κ3) is 2.67. The van der Waals surface area contributed by atoms with Crippen molar-refractivity contribution in [1.29, 1.82) is 0 Å². The molecule has 1 aliphatic heterocycles. The summed E-state index contributed by atoms with van der Waals surface area (Å²) in [5.41, 5.74) is 1.59. The first-order chi connectivity index (χ1) is 12.5. The fraction of sp³-hybridized carbons (Fsp3) is 0.0500. The van der Waals surface area contributed by atoms with Gasteiger partial charge in [-0.25, -0.2) is 9.78 Å². The summed E-state index contributed by atoms with van der Waals surface area (Å²) in [4.78, 5) is 29.0. The molecule has 0 radical (unpaired) electrons. The van der Waals surface area contributed by atoms with Crippen LogP contribution >= 0.6 is 0 Å². The van der Waals surface area contributed by atoms with Gasteiger partial charge in [-0.05, 0) is 37.3 Å². The van der Waals surface area contributed by atoms with E-state index in [-0.39, 0.29) is 22.9 Å². The summed E-state index contributed by atoms with van der Waals surface area (Å²) in [7, 11) is 0. The molecule has 4 rings (SSSR count). The van der Waals surface area contributed by atoms with Crippen LogP contribution in [0.3, 0.4) is 0 Å². The van der Waals surface area contributed by atoms with E-state index in [9.17, 15) is 14.7 Å². The van der Waals surface area contributed by atoms with Gasteiger partial charge in [0.15, 0.2) is 0 Å². The maximum absolute atomic E-state index is 12.7. The van der Waals surface area contributed by atoms with E-state index in [0.717, 1.165) is 5.56 Å². The molecule has 26 heavy (non-hydrogen) atoms. The molecule has 0 atom stereocenters. The number of Topliss-reactive ketones (excluding diaryl/α,β-unsaturated/α-hetero) is 1. The number of aromatic hydroxyl groups is 1. The lowest BCUT2D eigenvalue weighted by Crippen LogP contribution is -2.25. The van der Waals surface area contributed by atoms with E-state index < -0.39 is 17.7 Å². The largest absolute Gasteiger partial charge is 0.479 e. The third-order valence-corrected chi connectivity index (χ3v) is 3.98. The van der Waals surface area contributed by atoms with E-state index in [1.807, 2.05) is 13.0 Å². The quantitative estimate of drug-likeness (QED) is 0.330. The molecule has 1 N–H and O–H groups in total. The highest BCUT2D eigenvalue weighted by Gasteiger charge is 2.31. The minimum absolute atomic E-state index is 0.0137. The van der Waals surface area contributed by atoms with Crippen molar-refractivity contribution in [2.75, 3.05) is 0 Å². The average Bonchev–Trinajstić information content (AvgIpc) is 3.01. The number of hydrogen-bond acceptors (Lipinski definition) is 6. The highest BCUT2D eigenvalue weighted by atomic mass is 16.5. The zero-order valence-corrected chi connectivity index (χ0v) is 13.7. The topological polar surface area (TPSA) is 89.6 Å². The Labute approximate surface area is 148 Å². The number of benzene rings is 2. The summed E-state index contributed by atoms with van der Waals surface area (Å²) in [5.74, 6) is -1.36. The van der Waals surface area contributed by atoms with Gasteiger partial charge in [-0.3, -0.25) is 4.79 Å². The molecule has 0 unspecified atom stereocenters. The molecule has 1 aromatic heterocycles. The van der Waals surface area contributed by atoms with Gasteiger partial charge in [0, 0.05) is 5.56 Å². The standard InChI is InChI=1S/C20H13NO5/c1-11-7-8-16-13(9-11)17(22)14(19(23)25-16)10-15-20(24)26-18(21-15)12-5-3-2-4-6-12/h2-10,24H,1H3/b14-10-. The number of esters is 1. The van der Waals surface area contributed by atoms with E-state index in [0.29, 0.717) is 11.1 Å². The molecule has 0 saturated carbocycles. The Balaban J connectivity index is 1.76. The zero-order chi connectivity index (χ0) is 18.3. The Hall–Kier alpha value is -3.67. The second-order valence-corrected chi connectivity index (χ2v) is 5.85. The van der Waals surface area contributed by atoms with Gasteiger partial charge in [-0.1, -0.05) is 29.8 Å². The molecule has 128 valence electrons. The molecule has 0 saturated heterocycles. The molecule has 6 heteroatoms. The zero-order valence-electron chi connectivity index (χ0n) is 13.7. The number of rotatable bonds is 2. The number of ketones is 1. The highest BCUT2D eigenvalue weighted by Crippen LogP contribution is 2.32. The van der Waals surface area contributed by atoms with Gasteiger partial charge in [0.1, 0.15) is 17.0 Å². The molecule has 0 spiro atoms. The van der Waals surface area contributed by atoms with Gasteiger partial charge in [0.25, 0.3) is 0 Å². The maximum atomic E-state index is 12.7. The monoisotopic (exact) mass is 347 g/mol. The molecular weight excluding hydrogens is 334 g/mol. The summed E-state index contributed by atoms with van der Waals surface area (Å²) < 4.78 is 10.4. The number of carbonyl (C=O) groups excluding carboxylic acids is 2. The molecule has 2 heterocycles. The summed E-state index contributed by atoms with van der Waals surface area (Å²) in [5, 5.41) is 10.00. The van der Waals surface area contributed by atoms with Crippen molar-refractivity contribution in [3.8, 4) is 23.1 Å². The van der Waals surface area contributed by atoms with Crippen LogP contribution in [0.1, 0.15) is 21.6 Å². The summed E-state index contributed by atoms with van der Waals surface area (Å²) in [6.45, 7) is 1.84. The minimum Gasteiger partial charge on any atom is -0.479 e. The number of ether oxygens (including phenoxy) is 1. The van der Waals surface area contributed by atoms with Crippen molar-refractivity contribution in [2.45, 2.75) is 6.92 Å². The van der Waals surface area contributed by atoms with E-state index in [1.165, 1.54) is 6.08 Å². The van der Waals surface area contributed by atoms with E-state index in [2.05, 4.69) is 4.98 Å². The van der Waals surface area contributed by atoms with Crippen LogP contribution in [0.2, 0.25) is 0 Å². The van der Waals surface area contributed by atoms with Gasteiger partial charge in [0.2, 0.25) is 11.7 Å². The third-order valence-electron chi connectivity index (χ3n) is 3.98. The minimum atomic E-state index is -0.796. The lowest BCUT2D eigenvalue weighted by atomic mass is 9.97. The van der Waals surface area contributed by atoms with Crippen molar-refractivity contribution < 1.29 is 23.8 Å². The van der Waals surface area contributed by atoms with Crippen LogP contribution in [-0.2, 0) is 4.79 Å². The highest BCUT2D eigenvalue weighted by molar-refractivity contribution is 6.30. The fourth-order valence-electron chi connectivity index (χ4n) is 2.69. The van der Waals surface area contributed by atoms with Crippen LogP contribution in [-0.4, -0.2) is 21.8 Å². The lowest BCUT2D eigenvalue weighted by molar-refractivity contribution is -0.130. The molecule has 1 aliphatic rings. The number of nitrogens with zero attached hydrogens (tertiary/aromatic N) is 1. The predicted octanol–water partition coefficient (Wildman–Crippen LogP) is 3.54. The van der Waals surface area contributed by atoms with Crippen molar-refractivity contribution in [1.82, 2.24) is 4.98 Å². The Morgan fingerprint density at radius 2 is 1.85 bits per heavy atom. The van der Waals surface area contributed by atoms with Crippen LogP contribution in [0.4, 0.5) is 0 Å². The average molecular weight is 347 g/mol. The Morgan fingerprint density at radius 3 is 2.62 bits per heavy atom. The number of hydrogen-bond donors (Lipinski definition) is 1. The van der Waals surface area contributed by atoms with E-state index in [4.69, 9.17) is 9.15 Å². The SMILES string of the molecule is Cc1ccc2c(c1)C(=O)/C(=C/c1nc(-c3ccccc3)oc1O)C(=O)O2. The predicted molar refractivity (Wildman–Crippen MR) is 92.7 cm³/mol. The van der Waals surface area contributed by atoms with Crippen LogP contribution in [0.25, 0.3) is 17.5 Å². The number of fused-ring (bicyclic) bond motifs is 1. The number of oxazole rings is 1. The molecule has 2 aromatic carbocycles. The van der Waals surface area contributed by atoms with E-state index in [1.54, 1.807) is 42.5 Å². The van der Waals surface area contributed by atoms with Gasteiger partial charge in [-0.15, -0.1) is 0 Å². The van der Waals surface area contributed by atoms with Crippen LogP contribution in [0.5, 0.6) is 11.7 Å². The molecule has 3 aromatic rings. The maximum Gasteiger partial charge on any atom is 0.347 e. The van der Waals surface area contributed by atoms with Gasteiger partial charge in [-0.2, -0.15) is 0 Å². The lowest BCUT2D eigenvalue weighted by Gasteiger charge is -2.16. The second-order valence-electron chi connectivity index (χ2n) is 5.85.